The molecular formula is C14H20N4. The fraction of sp³-hybridized carbons (Fsp3) is 0.571. The maximum atomic E-state index is 5.91. The summed E-state index contributed by atoms with van der Waals surface area (Å²) >= 11 is 0. The maximum absolute atomic E-state index is 5.91. The summed E-state index contributed by atoms with van der Waals surface area (Å²) in [6.45, 7) is 0.878. The molecule has 0 spiro atoms. The Labute approximate surface area is 108 Å². The summed E-state index contributed by atoms with van der Waals surface area (Å²) in [5.74, 6) is 2.16. The van der Waals surface area contributed by atoms with E-state index < -0.39 is 0 Å². The van der Waals surface area contributed by atoms with Crippen LogP contribution in [0.15, 0.2) is 29.4 Å². The number of hydrogen-bond acceptors (Lipinski definition) is 2. The molecule has 18 heavy (non-hydrogen) atoms. The molecule has 2 saturated carbocycles. The fourth-order valence-corrected chi connectivity index (χ4v) is 2.87. The van der Waals surface area contributed by atoms with Gasteiger partial charge in [0.25, 0.3) is 0 Å². The molecule has 3 rings (SSSR count). The van der Waals surface area contributed by atoms with Crippen molar-refractivity contribution in [2.75, 3.05) is 11.9 Å². The molecule has 0 amide bonds. The molecule has 0 atom stereocenters. The van der Waals surface area contributed by atoms with Gasteiger partial charge in [-0.3, -0.25) is 4.99 Å². The highest BCUT2D eigenvalue weighted by molar-refractivity contribution is 5.91. The molecule has 0 unspecified atom stereocenters. The number of guanidine groups is 1. The van der Waals surface area contributed by atoms with Crippen molar-refractivity contribution in [1.29, 1.82) is 0 Å². The summed E-state index contributed by atoms with van der Waals surface area (Å²) in [6.07, 6.45) is 8.55. The van der Waals surface area contributed by atoms with Crippen LogP contribution in [0.1, 0.15) is 32.1 Å². The van der Waals surface area contributed by atoms with Crippen molar-refractivity contribution < 1.29 is 0 Å². The number of nitrogens with one attached hydrogen (secondary N) is 1. The Kier molecular flexibility index (Phi) is 2.94. The van der Waals surface area contributed by atoms with Gasteiger partial charge in [-0.15, -0.1) is 0 Å². The number of nitrogens with two attached hydrogens (primary N) is 1. The Hall–Kier alpha value is -1.58. The van der Waals surface area contributed by atoms with Crippen molar-refractivity contribution >= 4 is 11.8 Å². The zero-order valence-corrected chi connectivity index (χ0v) is 10.6. The van der Waals surface area contributed by atoms with Crippen molar-refractivity contribution in [1.82, 2.24) is 4.98 Å². The van der Waals surface area contributed by atoms with E-state index in [4.69, 9.17) is 5.73 Å². The monoisotopic (exact) mass is 244 g/mol. The average Bonchev–Trinajstić information content (AvgIpc) is 3.14. The second-order valence-corrected chi connectivity index (χ2v) is 5.53. The zero-order valence-electron chi connectivity index (χ0n) is 10.6. The van der Waals surface area contributed by atoms with E-state index >= 15 is 0 Å². The van der Waals surface area contributed by atoms with Crippen LogP contribution in [-0.2, 0) is 0 Å². The molecule has 2 aliphatic rings. The molecule has 2 fully saturated rings. The number of aromatic nitrogens is 1. The summed E-state index contributed by atoms with van der Waals surface area (Å²) in [7, 11) is 0. The summed E-state index contributed by atoms with van der Waals surface area (Å²) < 4.78 is 0. The predicted octanol–water partition coefficient (Wildman–Crippen LogP) is 2.39. The lowest BCUT2D eigenvalue weighted by Gasteiger charge is -2.41. The number of anilines is 1. The van der Waals surface area contributed by atoms with Crippen LogP contribution in [0.25, 0.3) is 0 Å². The Morgan fingerprint density at radius 3 is 2.83 bits per heavy atom. The molecule has 96 valence electrons. The minimum atomic E-state index is 0.483. The molecule has 0 radical (unpaired) electrons. The molecule has 1 aromatic heterocycles. The first-order valence-electron chi connectivity index (χ1n) is 6.76. The molecule has 3 N–H and O–H groups in total. The van der Waals surface area contributed by atoms with Crippen molar-refractivity contribution in [3.05, 3.63) is 24.4 Å². The van der Waals surface area contributed by atoms with Crippen LogP contribution in [0.3, 0.4) is 0 Å². The summed E-state index contributed by atoms with van der Waals surface area (Å²) in [5.41, 5.74) is 6.39. The topological polar surface area (TPSA) is 63.3 Å². The SMILES string of the molecule is NC(=NCC1(C2CC2)CCC1)Nc1ccccn1. The van der Waals surface area contributed by atoms with Crippen LogP contribution < -0.4 is 11.1 Å². The quantitative estimate of drug-likeness (QED) is 0.631. The van der Waals surface area contributed by atoms with Gasteiger partial charge in [-0.05, 0) is 49.1 Å². The van der Waals surface area contributed by atoms with E-state index in [0.29, 0.717) is 11.4 Å². The maximum Gasteiger partial charge on any atom is 0.194 e. The molecule has 2 aliphatic carbocycles. The van der Waals surface area contributed by atoms with Crippen LogP contribution in [0.2, 0.25) is 0 Å². The Morgan fingerprint density at radius 1 is 1.44 bits per heavy atom. The normalized spacial score (nSPS) is 22.3. The van der Waals surface area contributed by atoms with E-state index in [1.165, 1.54) is 32.1 Å². The molecule has 4 heteroatoms. The van der Waals surface area contributed by atoms with Crippen LogP contribution >= 0.6 is 0 Å². The molecular weight excluding hydrogens is 224 g/mol. The third-order valence-electron chi connectivity index (χ3n) is 4.28. The van der Waals surface area contributed by atoms with E-state index in [1.807, 2.05) is 18.2 Å². The minimum absolute atomic E-state index is 0.483. The van der Waals surface area contributed by atoms with Gasteiger partial charge in [0.15, 0.2) is 5.96 Å². The molecule has 4 nitrogen and oxygen atoms in total. The van der Waals surface area contributed by atoms with E-state index in [-0.39, 0.29) is 0 Å². The third-order valence-corrected chi connectivity index (χ3v) is 4.28. The van der Waals surface area contributed by atoms with Gasteiger partial charge in [0.1, 0.15) is 5.82 Å². The first-order valence-corrected chi connectivity index (χ1v) is 6.76. The standard InChI is InChI=1S/C14H20N4/c15-13(18-12-4-1-2-9-16-12)17-10-14(7-3-8-14)11-5-6-11/h1-2,4,9,11H,3,5-8,10H2,(H3,15,16,17,18). The van der Waals surface area contributed by atoms with E-state index in [2.05, 4.69) is 15.3 Å². The highest BCUT2D eigenvalue weighted by Crippen LogP contribution is 2.57. The first kappa shape index (κ1) is 11.5. The van der Waals surface area contributed by atoms with Crippen LogP contribution in [0, 0.1) is 11.3 Å². The average molecular weight is 244 g/mol. The van der Waals surface area contributed by atoms with Crippen LogP contribution in [0.4, 0.5) is 5.82 Å². The number of nitrogens with zero attached hydrogens (tertiary/aromatic N) is 2. The lowest BCUT2D eigenvalue weighted by Crippen LogP contribution is -2.36. The molecule has 0 aliphatic heterocycles. The third kappa shape index (κ3) is 2.33. The van der Waals surface area contributed by atoms with Gasteiger partial charge >= 0.3 is 0 Å². The van der Waals surface area contributed by atoms with Gasteiger partial charge in [-0.1, -0.05) is 12.5 Å². The van der Waals surface area contributed by atoms with Gasteiger partial charge in [0.2, 0.25) is 0 Å². The van der Waals surface area contributed by atoms with Gasteiger partial charge < -0.3 is 11.1 Å². The minimum Gasteiger partial charge on any atom is -0.370 e. The largest absolute Gasteiger partial charge is 0.370 e. The number of aliphatic imine (C=N–C) groups is 1. The lowest BCUT2D eigenvalue weighted by molar-refractivity contribution is 0.113. The second kappa shape index (κ2) is 4.59. The van der Waals surface area contributed by atoms with Crippen LogP contribution in [-0.4, -0.2) is 17.5 Å². The highest BCUT2D eigenvalue weighted by Gasteiger charge is 2.48. The molecule has 0 aromatic carbocycles. The fourth-order valence-electron chi connectivity index (χ4n) is 2.87. The molecule has 0 saturated heterocycles. The number of pyridine rings is 1. The van der Waals surface area contributed by atoms with Gasteiger partial charge in [-0.25, -0.2) is 4.98 Å². The van der Waals surface area contributed by atoms with E-state index in [0.717, 1.165) is 18.3 Å². The van der Waals surface area contributed by atoms with Crippen molar-refractivity contribution in [2.45, 2.75) is 32.1 Å². The summed E-state index contributed by atoms with van der Waals surface area (Å²) in [6, 6.07) is 5.71. The zero-order chi connectivity index (χ0) is 12.4. The van der Waals surface area contributed by atoms with Crippen molar-refractivity contribution in [3.8, 4) is 0 Å². The Morgan fingerprint density at radius 2 is 2.28 bits per heavy atom. The van der Waals surface area contributed by atoms with E-state index in [9.17, 15) is 0 Å². The van der Waals surface area contributed by atoms with Gasteiger partial charge in [-0.2, -0.15) is 0 Å². The van der Waals surface area contributed by atoms with E-state index in [1.54, 1.807) is 6.20 Å². The van der Waals surface area contributed by atoms with Crippen molar-refractivity contribution in [2.24, 2.45) is 22.1 Å². The van der Waals surface area contributed by atoms with Crippen LogP contribution in [0.5, 0.6) is 0 Å². The summed E-state index contributed by atoms with van der Waals surface area (Å²) in [5, 5.41) is 3.04. The smallest absolute Gasteiger partial charge is 0.194 e. The lowest BCUT2D eigenvalue weighted by atomic mass is 9.65. The molecule has 0 bridgehead atoms. The molecule has 1 heterocycles. The second-order valence-electron chi connectivity index (χ2n) is 5.53. The Balaban J connectivity index is 1.59. The Bertz CT molecular complexity index is 432. The number of rotatable bonds is 4. The van der Waals surface area contributed by atoms with Gasteiger partial charge in [0, 0.05) is 12.7 Å². The van der Waals surface area contributed by atoms with Gasteiger partial charge in [0.05, 0.1) is 0 Å². The number of hydrogen-bond donors (Lipinski definition) is 2. The molecule has 1 aromatic rings. The summed E-state index contributed by atoms with van der Waals surface area (Å²) in [4.78, 5) is 8.69. The first-order chi connectivity index (χ1) is 8.78. The predicted molar refractivity (Wildman–Crippen MR) is 73.4 cm³/mol. The van der Waals surface area contributed by atoms with Crippen molar-refractivity contribution in [3.63, 3.8) is 0 Å². The highest BCUT2D eigenvalue weighted by atomic mass is 15.1.